The van der Waals surface area contributed by atoms with Crippen LogP contribution in [0.5, 0.6) is 0 Å². The zero-order valence-corrected chi connectivity index (χ0v) is 12.5. The molecular weight excluding hydrogens is 248 g/mol. The third kappa shape index (κ3) is 3.83. The first-order valence-electron chi connectivity index (χ1n) is 7.83. The van der Waals surface area contributed by atoms with Crippen LogP contribution in [0.4, 0.5) is 0 Å². The molecule has 20 heavy (non-hydrogen) atoms. The Morgan fingerprint density at radius 1 is 1.35 bits per heavy atom. The third-order valence-electron chi connectivity index (χ3n) is 4.32. The van der Waals surface area contributed by atoms with Crippen molar-refractivity contribution in [1.82, 2.24) is 4.90 Å². The summed E-state index contributed by atoms with van der Waals surface area (Å²) in [6, 6.07) is 7.92. The van der Waals surface area contributed by atoms with Gasteiger partial charge < -0.3 is 10.6 Å². The van der Waals surface area contributed by atoms with Gasteiger partial charge in [0, 0.05) is 18.7 Å². The minimum absolute atomic E-state index is 0.181. The van der Waals surface area contributed by atoms with Crippen LogP contribution in [0.3, 0.4) is 0 Å². The molecule has 0 bridgehead atoms. The standard InChI is InChI=1S/C17H26N2O/c1-2-14-6-4-11-19(12-9-14)17(20)16-7-3-5-15(13-16)8-10-18/h3,5,7,13-14H,2,4,6,8-12,18H2,1H3. The molecule has 1 amide bonds. The zero-order valence-electron chi connectivity index (χ0n) is 12.5. The molecule has 0 spiro atoms. The second-order valence-corrected chi connectivity index (χ2v) is 5.74. The highest BCUT2D eigenvalue weighted by Gasteiger charge is 2.20. The van der Waals surface area contributed by atoms with E-state index in [2.05, 4.69) is 6.92 Å². The summed E-state index contributed by atoms with van der Waals surface area (Å²) in [5, 5.41) is 0. The molecule has 1 atom stereocenters. The van der Waals surface area contributed by atoms with Crippen LogP contribution < -0.4 is 5.73 Å². The van der Waals surface area contributed by atoms with Crippen molar-refractivity contribution < 1.29 is 4.79 Å². The van der Waals surface area contributed by atoms with Gasteiger partial charge in [-0.15, -0.1) is 0 Å². The molecule has 3 heteroatoms. The van der Waals surface area contributed by atoms with Crippen LogP contribution in [0.2, 0.25) is 0 Å². The summed E-state index contributed by atoms with van der Waals surface area (Å²) in [6.07, 6.45) is 5.60. The molecule has 1 aromatic carbocycles. The molecular formula is C17H26N2O. The molecule has 1 aliphatic rings. The van der Waals surface area contributed by atoms with Gasteiger partial charge in [-0.3, -0.25) is 4.79 Å². The lowest BCUT2D eigenvalue weighted by molar-refractivity contribution is 0.0760. The van der Waals surface area contributed by atoms with E-state index in [1.165, 1.54) is 12.8 Å². The van der Waals surface area contributed by atoms with Gasteiger partial charge in [0.2, 0.25) is 0 Å². The van der Waals surface area contributed by atoms with E-state index in [9.17, 15) is 4.79 Å². The van der Waals surface area contributed by atoms with Crippen LogP contribution in [-0.4, -0.2) is 30.4 Å². The number of likely N-dealkylation sites (tertiary alicyclic amines) is 1. The van der Waals surface area contributed by atoms with Crippen molar-refractivity contribution in [2.45, 2.75) is 39.0 Å². The van der Waals surface area contributed by atoms with Gasteiger partial charge in [-0.2, -0.15) is 0 Å². The van der Waals surface area contributed by atoms with E-state index in [4.69, 9.17) is 5.73 Å². The van der Waals surface area contributed by atoms with Gasteiger partial charge >= 0.3 is 0 Å². The maximum absolute atomic E-state index is 12.6. The van der Waals surface area contributed by atoms with E-state index in [0.29, 0.717) is 6.54 Å². The minimum Gasteiger partial charge on any atom is -0.339 e. The van der Waals surface area contributed by atoms with E-state index in [1.807, 2.05) is 29.2 Å². The van der Waals surface area contributed by atoms with Crippen LogP contribution in [0.15, 0.2) is 24.3 Å². The van der Waals surface area contributed by atoms with Crippen molar-refractivity contribution in [1.29, 1.82) is 0 Å². The Bertz CT molecular complexity index is 444. The Hall–Kier alpha value is -1.35. The predicted molar refractivity (Wildman–Crippen MR) is 82.7 cm³/mol. The highest BCUT2D eigenvalue weighted by molar-refractivity contribution is 5.94. The molecule has 1 fully saturated rings. The van der Waals surface area contributed by atoms with E-state index in [-0.39, 0.29) is 5.91 Å². The molecule has 1 saturated heterocycles. The quantitative estimate of drug-likeness (QED) is 0.917. The molecule has 110 valence electrons. The lowest BCUT2D eigenvalue weighted by Crippen LogP contribution is -2.32. The number of rotatable bonds is 4. The average Bonchev–Trinajstić information content (AvgIpc) is 2.72. The van der Waals surface area contributed by atoms with Crippen molar-refractivity contribution in [2.24, 2.45) is 11.7 Å². The molecule has 0 aromatic heterocycles. The van der Waals surface area contributed by atoms with Gasteiger partial charge in [-0.25, -0.2) is 0 Å². The first-order valence-corrected chi connectivity index (χ1v) is 7.83. The lowest BCUT2D eigenvalue weighted by atomic mass is 9.98. The van der Waals surface area contributed by atoms with Crippen LogP contribution in [0.25, 0.3) is 0 Å². The summed E-state index contributed by atoms with van der Waals surface area (Å²) < 4.78 is 0. The molecule has 1 aromatic rings. The first-order chi connectivity index (χ1) is 9.74. The largest absolute Gasteiger partial charge is 0.339 e. The summed E-state index contributed by atoms with van der Waals surface area (Å²) >= 11 is 0. The van der Waals surface area contributed by atoms with E-state index in [1.54, 1.807) is 0 Å². The van der Waals surface area contributed by atoms with Gasteiger partial charge in [0.05, 0.1) is 0 Å². The molecule has 0 radical (unpaired) electrons. The molecule has 0 aliphatic carbocycles. The molecule has 1 heterocycles. The van der Waals surface area contributed by atoms with Crippen LogP contribution in [0, 0.1) is 5.92 Å². The SMILES string of the molecule is CCC1CCCN(C(=O)c2cccc(CCN)c2)CC1. The topological polar surface area (TPSA) is 46.3 Å². The maximum atomic E-state index is 12.6. The number of nitrogens with two attached hydrogens (primary N) is 1. The highest BCUT2D eigenvalue weighted by Crippen LogP contribution is 2.21. The normalized spacial score (nSPS) is 19.7. The number of hydrogen-bond donors (Lipinski definition) is 1. The zero-order chi connectivity index (χ0) is 14.4. The molecule has 1 unspecified atom stereocenters. The smallest absolute Gasteiger partial charge is 0.253 e. The Morgan fingerprint density at radius 3 is 2.95 bits per heavy atom. The van der Waals surface area contributed by atoms with Crippen molar-refractivity contribution in [3.8, 4) is 0 Å². The number of amides is 1. The Labute approximate surface area is 122 Å². The summed E-state index contributed by atoms with van der Waals surface area (Å²) in [7, 11) is 0. The van der Waals surface area contributed by atoms with Crippen molar-refractivity contribution in [2.75, 3.05) is 19.6 Å². The van der Waals surface area contributed by atoms with Gasteiger partial charge in [0.15, 0.2) is 0 Å². The number of carbonyl (C=O) groups excluding carboxylic acids is 1. The fraction of sp³-hybridized carbons (Fsp3) is 0.588. The van der Waals surface area contributed by atoms with Crippen molar-refractivity contribution in [3.05, 3.63) is 35.4 Å². The van der Waals surface area contributed by atoms with Gasteiger partial charge in [0.25, 0.3) is 5.91 Å². The van der Waals surface area contributed by atoms with Crippen LogP contribution >= 0.6 is 0 Å². The van der Waals surface area contributed by atoms with Gasteiger partial charge in [0.1, 0.15) is 0 Å². The number of nitrogens with zero attached hydrogens (tertiary/aromatic N) is 1. The van der Waals surface area contributed by atoms with Crippen molar-refractivity contribution >= 4 is 5.91 Å². The predicted octanol–water partition coefficient (Wildman–Crippen LogP) is 2.84. The molecule has 2 N–H and O–H groups in total. The van der Waals surface area contributed by atoms with E-state index >= 15 is 0 Å². The van der Waals surface area contributed by atoms with Crippen molar-refractivity contribution in [3.63, 3.8) is 0 Å². The Morgan fingerprint density at radius 2 is 2.20 bits per heavy atom. The molecule has 2 rings (SSSR count). The monoisotopic (exact) mass is 274 g/mol. The van der Waals surface area contributed by atoms with Crippen LogP contribution in [-0.2, 0) is 6.42 Å². The average molecular weight is 274 g/mol. The third-order valence-corrected chi connectivity index (χ3v) is 4.32. The second-order valence-electron chi connectivity index (χ2n) is 5.74. The summed E-state index contributed by atoms with van der Waals surface area (Å²) in [6.45, 7) is 4.67. The molecule has 1 aliphatic heterocycles. The Balaban J connectivity index is 2.04. The van der Waals surface area contributed by atoms with Gasteiger partial charge in [-0.1, -0.05) is 25.5 Å². The second kappa shape index (κ2) is 7.44. The van der Waals surface area contributed by atoms with E-state index < -0.39 is 0 Å². The summed E-state index contributed by atoms with van der Waals surface area (Å²) in [4.78, 5) is 14.6. The Kier molecular flexibility index (Phi) is 5.60. The minimum atomic E-state index is 0.181. The fourth-order valence-corrected chi connectivity index (χ4v) is 2.99. The number of hydrogen-bond acceptors (Lipinski definition) is 2. The maximum Gasteiger partial charge on any atom is 0.253 e. The van der Waals surface area contributed by atoms with Gasteiger partial charge in [-0.05, 0) is 55.8 Å². The lowest BCUT2D eigenvalue weighted by Gasteiger charge is -2.21. The first kappa shape index (κ1) is 15.0. The molecule has 0 saturated carbocycles. The number of benzene rings is 1. The summed E-state index contributed by atoms with van der Waals surface area (Å²) in [5.74, 6) is 0.969. The number of carbonyl (C=O) groups is 1. The summed E-state index contributed by atoms with van der Waals surface area (Å²) in [5.41, 5.74) is 7.55. The fourth-order valence-electron chi connectivity index (χ4n) is 2.99. The van der Waals surface area contributed by atoms with Crippen LogP contribution in [0.1, 0.15) is 48.5 Å². The highest BCUT2D eigenvalue weighted by atomic mass is 16.2. The van der Waals surface area contributed by atoms with E-state index in [0.717, 1.165) is 49.4 Å². The molecule has 3 nitrogen and oxygen atoms in total.